The summed E-state index contributed by atoms with van der Waals surface area (Å²) in [6.07, 6.45) is 2.86. The normalized spacial score (nSPS) is 12.9. The van der Waals surface area contributed by atoms with E-state index in [0.29, 0.717) is 6.04 Å². The van der Waals surface area contributed by atoms with E-state index in [9.17, 15) is 0 Å². The predicted octanol–water partition coefficient (Wildman–Crippen LogP) is 2.19. The van der Waals surface area contributed by atoms with Gasteiger partial charge in [-0.2, -0.15) is 16.4 Å². The van der Waals surface area contributed by atoms with Crippen LogP contribution in [-0.2, 0) is 13.0 Å². The van der Waals surface area contributed by atoms with Crippen molar-refractivity contribution in [3.63, 3.8) is 0 Å². The standard InChI is InChI=1S/C11H15N3S/c1-9(6-10-3-5-15-8-10)12-7-11-2-4-13-14-11/h2-5,8-9,12H,6-7H2,1H3,(H,13,14). The summed E-state index contributed by atoms with van der Waals surface area (Å²) in [6, 6.07) is 4.66. The molecule has 3 nitrogen and oxygen atoms in total. The molecular weight excluding hydrogens is 206 g/mol. The lowest BCUT2D eigenvalue weighted by molar-refractivity contribution is 0.540. The fourth-order valence-electron chi connectivity index (χ4n) is 1.50. The summed E-state index contributed by atoms with van der Waals surface area (Å²) in [4.78, 5) is 0. The quantitative estimate of drug-likeness (QED) is 0.812. The third kappa shape index (κ3) is 3.18. The third-order valence-electron chi connectivity index (χ3n) is 2.32. The molecule has 80 valence electrons. The van der Waals surface area contributed by atoms with Crippen LogP contribution in [-0.4, -0.2) is 16.2 Å². The van der Waals surface area contributed by atoms with E-state index in [1.807, 2.05) is 6.07 Å². The molecule has 15 heavy (non-hydrogen) atoms. The largest absolute Gasteiger partial charge is 0.308 e. The van der Waals surface area contributed by atoms with Crippen LogP contribution in [0.2, 0.25) is 0 Å². The fraction of sp³-hybridized carbons (Fsp3) is 0.364. The van der Waals surface area contributed by atoms with Crippen molar-refractivity contribution in [3.05, 3.63) is 40.3 Å². The zero-order valence-electron chi connectivity index (χ0n) is 8.73. The minimum atomic E-state index is 0.489. The van der Waals surface area contributed by atoms with Crippen LogP contribution in [0.3, 0.4) is 0 Å². The molecule has 0 spiro atoms. The second kappa shape index (κ2) is 5.09. The van der Waals surface area contributed by atoms with Gasteiger partial charge in [0.05, 0.1) is 0 Å². The molecule has 0 bridgehead atoms. The van der Waals surface area contributed by atoms with Crippen LogP contribution in [0.25, 0.3) is 0 Å². The Hall–Kier alpha value is -1.13. The Morgan fingerprint density at radius 3 is 3.13 bits per heavy atom. The fourth-order valence-corrected chi connectivity index (χ4v) is 2.18. The average Bonchev–Trinajstić information content (AvgIpc) is 2.86. The summed E-state index contributed by atoms with van der Waals surface area (Å²) in [6.45, 7) is 3.05. The van der Waals surface area contributed by atoms with Crippen molar-refractivity contribution in [1.82, 2.24) is 15.5 Å². The highest BCUT2D eigenvalue weighted by molar-refractivity contribution is 7.07. The van der Waals surface area contributed by atoms with Gasteiger partial charge in [0.15, 0.2) is 0 Å². The maximum Gasteiger partial charge on any atom is 0.0490 e. The molecule has 2 aromatic rings. The molecule has 0 amide bonds. The van der Waals surface area contributed by atoms with Crippen molar-refractivity contribution >= 4 is 11.3 Å². The smallest absolute Gasteiger partial charge is 0.0490 e. The van der Waals surface area contributed by atoms with E-state index in [-0.39, 0.29) is 0 Å². The van der Waals surface area contributed by atoms with Gasteiger partial charge in [0.25, 0.3) is 0 Å². The topological polar surface area (TPSA) is 40.7 Å². The van der Waals surface area contributed by atoms with Crippen LogP contribution in [0.4, 0.5) is 0 Å². The van der Waals surface area contributed by atoms with Crippen LogP contribution in [0.15, 0.2) is 29.1 Å². The molecule has 2 N–H and O–H groups in total. The van der Waals surface area contributed by atoms with E-state index in [1.54, 1.807) is 17.5 Å². The Morgan fingerprint density at radius 1 is 1.53 bits per heavy atom. The molecule has 0 radical (unpaired) electrons. The van der Waals surface area contributed by atoms with Crippen molar-refractivity contribution in [2.75, 3.05) is 0 Å². The zero-order valence-corrected chi connectivity index (χ0v) is 9.55. The van der Waals surface area contributed by atoms with Crippen LogP contribution in [0.1, 0.15) is 18.2 Å². The van der Waals surface area contributed by atoms with Crippen LogP contribution >= 0.6 is 11.3 Å². The van der Waals surface area contributed by atoms with E-state index in [2.05, 4.69) is 39.3 Å². The van der Waals surface area contributed by atoms with Gasteiger partial charge in [-0.15, -0.1) is 0 Å². The lowest BCUT2D eigenvalue weighted by Crippen LogP contribution is -2.27. The number of nitrogens with one attached hydrogen (secondary N) is 2. The number of thiophene rings is 1. The summed E-state index contributed by atoms with van der Waals surface area (Å²) >= 11 is 1.75. The second-order valence-corrected chi connectivity index (χ2v) is 4.48. The van der Waals surface area contributed by atoms with Crippen molar-refractivity contribution < 1.29 is 0 Å². The van der Waals surface area contributed by atoms with Gasteiger partial charge in [0.1, 0.15) is 0 Å². The Balaban J connectivity index is 1.76. The van der Waals surface area contributed by atoms with Crippen LogP contribution in [0.5, 0.6) is 0 Å². The third-order valence-corrected chi connectivity index (χ3v) is 3.05. The minimum absolute atomic E-state index is 0.489. The molecule has 0 aliphatic carbocycles. The SMILES string of the molecule is CC(Cc1ccsc1)NCc1ccn[nH]1. The number of hydrogen-bond donors (Lipinski definition) is 2. The van der Waals surface area contributed by atoms with E-state index in [0.717, 1.165) is 18.7 Å². The molecule has 2 aromatic heterocycles. The first kappa shape index (κ1) is 10.4. The summed E-state index contributed by atoms with van der Waals surface area (Å²) in [5, 5.41) is 14.6. The van der Waals surface area contributed by atoms with Crippen molar-refractivity contribution in [2.45, 2.75) is 25.9 Å². The van der Waals surface area contributed by atoms with E-state index in [4.69, 9.17) is 0 Å². The van der Waals surface area contributed by atoms with Gasteiger partial charge >= 0.3 is 0 Å². The molecular formula is C11H15N3S. The summed E-state index contributed by atoms with van der Waals surface area (Å²) in [5.41, 5.74) is 2.54. The highest BCUT2D eigenvalue weighted by Gasteiger charge is 2.03. The Bertz CT molecular complexity index is 366. The number of nitrogens with zero attached hydrogens (tertiary/aromatic N) is 1. The minimum Gasteiger partial charge on any atom is -0.308 e. The second-order valence-electron chi connectivity index (χ2n) is 3.70. The first-order valence-electron chi connectivity index (χ1n) is 5.07. The number of H-pyrrole nitrogens is 1. The number of aromatic amines is 1. The van der Waals surface area contributed by atoms with Gasteiger partial charge in [-0.05, 0) is 41.8 Å². The van der Waals surface area contributed by atoms with Crippen LogP contribution in [0, 0.1) is 0 Å². The summed E-state index contributed by atoms with van der Waals surface area (Å²) < 4.78 is 0. The van der Waals surface area contributed by atoms with Gasteiger partial charge in [0, 0.05) is 24.5 Å². The molecule has 0 aliphatic rings. The number of rotatable bonds is 5. The molecule has 2 rings (SSSR count). The molecule has 1 atom stereocenters. The lowest BCUT2D eigenvalue weighted by Gasteiger charge is -2.11. The van der Waals surface area contributed by atoms with E-state index >= 15 is 0 Å². The van der Waals surface area contributed by atoms with Gasteiger partial charge in [-0.25, -0.2) is 0 Å². The highest BCUT2D eigenvalue weighted by Crippen LogP contribution is 2.08. The highest BCUT2D eigenvalue weighted by atomic mass is 32.1. The molecule has 1 unspecified atom stereocenters. The van der Waals surface area contributed by atoms with Gasteiger partial charge in [-0.3, -0.25) is 5.10 Å². The molecule has 0 fully saturated rings. The maximum absolute atomic E-state index is 3.91. The summed E-state index contributed by atoms with van der Waals surface area (Å²) in [7, 11) is 0. The Kier molecular flexibility index (Phi) is 3.53. The molecule has 0 saturated heterocycles. The number of aromatic nitrogens is 2. The van der Waals surface area contributed by atoms with E-state index < -0.39 is 0 Å². The summed E-state index contributed by atoms with van der Waals surface area (Å²) in [5.74, 6) is 0. The van der Waals surface area contributed by atoms with E-state index in [1.165, 1.54) is 5.56 Å². The Morgan fingerprint density at radius 2 is 2.47 bits per heavy atom. The molecule has 0 aliphatic heterocycles. The Labute approximate surface area is 93.5 Å². The predicted molar refractivity (Wildman–Crippen MR) is 62.9 cm³/mol. The molecule has 2 heterocycles. The van der Waals surface area contributed by atoms with Crippen molar-refractivity contribution in [3.8, 4) is 0 Å². The lowest BCUT2D eigenvalue weighted by atomic mass is 10.1. The van der Waals surface area contributed by atoms with Gasteiger partial charge < -0.3 is 5.32 Å². The molecule has 4 heteroatoms. The zero-order chi connectivity index (χ0) is 10.5. The number of hydrogen-bond acceptors (Lipinski definition) is 3. The van der Waals surface area contributed by atoms with Gasteiger partial charge in [0.2, 0.25) is 0 Å². The van der Waals surface area contributed by atoms with Crippen molar-refractivity contribution in [2.24, 2.45) is 0 Å². The average molecular weight is 221 g/mol. The maximum atomic E-state index is 3.91. The first-order chi connectivity index (χ1) is 7.34. The van der Waals surface area contributed by atoms with Gasteiger partial charge in [-0.1, -0.05) is 0 Å². The monoisotopic (exact) mass is 221 g/mol. The van der Waals surface area contributed by atoms with Crippen molar-refractivity contribution in [1.29, 1.82) is 0 Å². The van der Waals surface area contributed by atoms with Crippen LogP contribution < -0.4 is 5.32 Å². The molecule has 0 aromatic carbocycles. The first-order valence-corrected chi connectivity index (χ1v) is 6.01. The molecule has 0 saturated carbocycles.